The van der Waals surface area contributed by atoms with Crippen LogP contribution in [0.2, 0.25) is 10.0 Å². The Balaban J connectivity index is 2.03. The molecule has 1 aliphatic heterocycles. The predicted octanol–water partition coefficient (Wildman–Crippen LogP) is 5.00. The van der Waals surface area contributed by atoms with Gasteiger partial charge in [0.05, 0.1) is 16.1 Å². The fourth-order valence-corrected chi connectivity index (χ4v) is 4.64. The second kappa shape index (κ2) is 8.00. The van der Waals surface area contributed by atoms with Crippen LogP contribution in [0.3, 0.4) is 0 Å². The first-order chi connectivity index (χ1) is 11.2. The van der Waals surface area contributed by atoms with Crippen LogP contribution in [0.25, 0.3) is 0 Å². The number of benzene rings is 1. The maximum atomic E-state index is 6.57. The Morgan fingerprint density at radius 2 is 2.04 bits per heavy atom. The Bertz CT molecular complexity index is 648. The number of halogens is 2. The third-order valence-corrected chi connectivity index (χ3v) is 6.43. The van der Waals surface area contributed by atoms with Crippen LogP contribution in [0.15, 0.2) is 30.3 Å². The normalized spacial score (nSPS) is 17.9. The molecule has 124 valence electrons. The third-order valence-electron chi connectivity index (χ3n) is 4.32. The fraction of sp³-hybridized carbons (Fsp3) is 0.444. The Morgan fingerprint density at radius 3 is 2.83 bits per heavy atom. The van der Waals surface area contributed by atoms with Crippen LogP contribution in [0.4, 0.5) is 0 Å². The second-order valence-corrected chi connectivity index (χ2v) is 7.83. The van der Waals surface area contributed by atoms with Crippen molar-refractivity contribution >= 4 is 34.5 Å². The van der Waals surface area contributed by atoms with Gasteiger partial charge in [-0.05, 0) is 43.1 Å². The van der Waals surface area contributed by atoms with E-state index in [4.69, 9.17) is 23.2 Å². The highest BCUT2D eigenvalue weighted by Gasteiger charge is 2.27. The molecule has 1 aliphatic rings. The van der Waals surface area contributed by atoms with E-state index in [1.807, 2.05) is 23.5 Å². The van der Waals surface area contributed by atoms with Crippen molar-refractivity contribution in [2.75, 3.05) is 26.2 Å². The molecule has 1 N–H and O–H groups in total. The largest absolute Gasteiger partial charge is 0.315 e. The van der Waals surface area contributed by atoms with Gasteiger partial charge in [-0.2, -0.15) is 0 Å². The molecular weight excluding hydrogens is 347 g/mol. The van der Waals surface area contributed by atoms with E-state index < -0.39 is 0 Å². The van der Waals surface area contributed by atoms with Crippen molar-refractivity contribution in [3.8, 4) is 0 Å². The summed E-state index contributed by atoms with van der Waals surface area (Å²) in [4.78, 5) is 5.30. The van der Waals surface area contributed by atoms with E-state index in [0.29, 0.717) is 10.0 Å². The number of aryl methyl sites for hydroxylation is 1. The van der Waals surface area contributed by atoms with Crippen LogP contribution in [-0.4, -0.2) is 31.1 Å². The van der Waals surface area contributed by atoms with E-state index in [-0.39, 0.29) is 6.04 Å². The van der Waals surface area contributed by atoms with Crippen molar-refractivity contribution in [1.29, 1.82) is 0 Å². The lowest BCUT2D eigenvalue weighted by Gasteiger charge is -2.31. The van der Waals surface area contributed by atoms with Gasteiger partial charge in [0.15, 0.2) is 0 Å². The summed E-state index contributed by atoms with van der Waals surface area (Å²) in [6.07, 6.45) is 2.23. The monoisotopic (exact) mass is 368 g/mol. The molecule has 1 fully saturated rings. The summed E-state index contributed by atoms with van der Waals surface area (Å²) >= 11 is 14.7. The number of hydrogen-bond acceptors (Lipinski definition) is 3. The molecule has 0 spiro atoms. The molecule has 2 nitrogen and oxygen atoms in total. The molecule has 1 aromatic carbocycles. The molecule has 1 aromatic heterocycles. The summed E-state index contributed by atoms with van der Waals surface area (Å²) in [5.74, 6) is 0. The van der Waals surface area contributed by atoms with Crippen LogP contribution < -0.4 is 5.32 Å². The predicted molar refractivity (Wildman–Crippen MR) is 101 cm³/mol. The van der Waals surface area contributed by atoms with Crippen molar-refractivity contribution < 1.29 is 0 Å². The molecule has 2 heterocycles. The van der Waals surface area contributed by atoms with E-state index in [1.165, 1.54) is 9.75 Å². The summed E-state index contributed by atoms with van der Waals surface area (Å²) in [5.41, 5.74) is 1.12. The maximum Gasteiger partial charge on any atom is 0.0711 e. The number of nitrogens with zero attached hydrogens (tertiary/aromatic N) is 1. The van der Waals surface area contributed by atoms with Crippen molar-refractivity contribution in [2.24, 2.45) is 0 Å². The van der Waals surface area contributed by atoms with E-state index >= 15 is 0 Å². The number of nitrogens with one attached hydrogen (secondary N) is 1. The lowest BCUT2D eigenvalue weighted by Crippen LogP contribution is -2.32. The highest BCUT2D eigenvalue weighted by molar-refractivity contribution is 7.12. The van der Waals surface area contributed by atoms with Gasteiger partial charge in [-0.3, -0.25) is 4.90 Å². The number of thiophene rings is 1. The molecule has 0 saturated carbocycles. The van der Waals surface area contributed by atoms with Crippen molar-refractivity contribution in [1.82, 2.24) is 10.2 Å². The van der Waals surface area contributed by atoms with Gasteiger partial charge in [0.1, 0.15) is 0 Å². The fourth-order valence-electron chi connectivity index (χ4n) is 3.12. The highest BCUT2D eigenvalue weighted by atomic mass is 35.5. The number of hydrogen-bond donors (Lipinski definition) is 1. The zero-order chi connectivity index (χ0) is 16.2. The first kappa shape index (κ1) is 17.2. The van der Waals surface area contributed by atoms with Crippen LogP contribution in [-0.2, 0) is 6.42 Å². The first-order valence-corrected chi connectivity index (χ1v) is 9.75. The average molecular weight is 369 g/mol. The minimum absolute atomic E-state index is 0.186. The smallest absolute Gasteiger partial charge is 0.0711 e. The van der Waals surface area contributed by atoms with Crippen molar-refractivity contribution in [2.45, 2.75) is 25.8 Å². The van der Waals surface area contributed by atoms with Crippen molar-refractivity contribution in [3.63, 3.8) is 0 Å². The lowest BCUT2D eigenvalue weighted by molar-refractivity contribution is 0.244. The van der Waals surface area contributed by atoms with E-state index in [0.717, 1.165) is 44.6 Å². The standard InChI is InChI=1S/C18H22Cl2N2S/c1-2-13-7-8-16(23-13)18(22-11-4-9-21-10-12-22)14-5-3-6-15(19)17(14)20/h3,5-8,18,21H,2,4,9-12H2,1H3. The van der Waals surface area contributed by atoms with Gasteiger partial charge < -0.3 is 5.32 Å². The first-order valence-electron chi connectivity index (χ1n) is 8.18. The van der Waals surface area contributed by atoms with Crippen molar-refractivity contribution in [3.05, 3.63) is 55.7 Å². The third kappa shape index (κ3) is 3.92. The Morgan fingerprint density at radius 1 is 1.17 bits per heavy atom. The number of rotatable bonds is 4. The summed E-state index contributed by atoms with van der Waals surface area (Å²) in [6, 6.07) is 10.7. The van der Waals surface area contributed by atoms with Gasteiger partial charge >= 0.3 is 0 Å². The quantitative estimate of drug-likeness (QED) is 0.816. The van der Waals surface area contributed by atoms with E-state index in [2.05, 4.69) is 35.3 Å². The molecule has 0 bridgehead atoms. The average Bonchev–Trinajstić information content (AvgIpc) is 2.87. The van der Waals surface area contributed by atoms with Crippen LogP contribution in [0.5, 0.6) is 0 Å². The molecule has 23 heavy (non-hydrogen) atoms. The Hall–Kier alpha value is -0.580. The van der Waals surface area contributed by atoms with Gasteiger partial charge in [-0.1, -0.05) is 42.3 Å². The summed E-state index contributed by atoms with van der Waals surface area (Å²) in [7, 11) is 0. The van der Waals surface area contributed by atoms with E-state index in [1.54, 1.807) is 0 Å². The SMILES string of the molecule is CCc1ccc(C(c2cccc(Cl)c2Cl)N2CCCNCC2)s1. The molecule has 1 unspecified atom stereocenters. The maximum absolute atomic E-state index is 6.57. The van der Waals surface area contributed by atoms with Crippen LogP contribution in [0, 0.1) is 0 Å². The molecule has 0 aliphatic carbocycles. The lowest BCUT2D eigenvalue weighted by atomic mass is 10.0. The summed E-state index contributed by atoms with van der Waals surface area (Å²) in [6.45, 7) is 6.39. The van der Waals surface area contributed by atoms with Gasteiger partial charge in [-0.15, -0.1) is 11.3 Å². The molecule has 0 radical (unpaired) electrons. The van der Waals surface area contributed by atoms with Gasteiger partial charge in [-0.25, -0.2) is 0 Å². The molecular formula is C18H22Cl2N2S. The molecule has 0 amide bonds. The highest BCUT2D eigenvalue weighted by Crippen LogP contribution is 2.39. The zero-order valence-electron chi connectivity index (χ0n) is 13.3. The molecule has 2 aromatic rings. The van der Waals surface area contributed by atoms with Crippen LogP contribution in [0.1, 0.15) is 34.7 Å². The Labute approximate surface area is 152 Å². The van der Waals surface area contributed by atoms with Crippen LogP contribution >= 0.6 is 34.5 Å². The minimum Gasteiger partial charge on any atom is -0.315 e. The zero-order valence-corrected chi connectivity index (χ0v) is 15.6. The van der Waals surface area contributed by atoms with Gasteiger partial charge in [0.2, 0.25) is 0 Å². The summed E-state index contributed by atoms with van der Waals surface area (Å²) in [5, 5.41) is 4.80. The molecule has 1 saturated heterocycles. The van der Waals surface area contributed by atoms with Gasteiger partial charge in [0.25, 0.3) is 0 Å². The summed E-state index contributed by atoms with van der Waals surface area (Å²) < 4.78 is 0. The Kier molecular flexibility index (Phi) is 6.00. The topological polar surface area (TPSA) is 15.3 Å². The minimum atomic E-state index is 0.186. The van der Waals surface area contributed by atoms with E-state index in [9.17, 15) is 0 Å². The van der Waals surface area contributed by atoms with Gasteiger partial charge in [0, 0.05) is 29.4 Å². The molecule has 1 atom stereocenters. The second-order valence-electron chi connectivity index (χ2n) is 5.84. The molecule has 5 heteroatoms. The molecule has 3 rings (SSSR count).